The molecule has 2 N–H and O–H groups in total. The van der Waals surface area contributed by atoms with Gasteiger partial charge >= 0.3 is 0 Å². The fourth-order valence-electron chi connectivity index (χ4n) is 3.76. The number of carbonyl (C=O) groups excluding carboxylic acids is 1. The summed E-state index contributed by atoms with van der Waals surface area (Å²) in [5, 5.41) is 3.43. The number of carbonyl (C=O) groups is 1. The summed E-state index contributed by atoms with van der Waals surface area (Å²) in [5.74, 6) is 0.191. The summed E-state index contributed by atoms with van der Waals surface area (Å²) in [7, 11) is -0.275. The van der Waals surface area contributed by atoms with Crippen molar-refractivity contribution in [2.75, 3.05) is 30.4 Å². The number of halogens is 1. The Hall–Kier alpha value is -2.82. The van der Waals surface area contributed by atoms with Crippen LogP contribution in [-0.2, 0) is 20.5 Å². The first-order chi connectivity index (χ1) is 16.4. The van der Waals surface area contributed by atoms with Crippen molar-refractivity contribution in [1.29, 1.82) is 0 Å². The molecule has 10 heteroatoms. The van der Waals surface area contributed by atoms with Gasteiger partial charge in [0.05, 0.1) is 23.4 Å². The van der Waals surface area contributed by atoms with Crippen molar-refractivity contribution >= 4 is 39.0 Å². The van der Waals surface area contributed by atoms with Gasteiger partial charge in [-0.15, -0.1) is 0 Å². The van der Waals surface area contributed by atoms with Gasteiger partial charge in [-0.3, -0.25) is 9.52 Å². The second kappa shape index (κ2) is 11.1. The largest absolute Gasteiger partial charge is 0.495 e. The van der Waals surface area contributed by atoms with E-state index in [4.69, 9.17) is 9.47 Å². The van der Waals surface area contributed by atoms with Gasteiger partial charge in [0, 0.05) is 19.6 Å². The Balaban J connectivity index is 1.52. The van der Waals surface area contributed by atoms with Gasteiger partial charge in [0.25, 0.3) is 0 Å². The molecule has 1 atom stereocenters. The van der Waals surface area contributed by atoms with Crippen LogP contribution in [0.15, 0.2) is 47.4 Å². The molecule has 1 aromatic heterocycles. The highest BCUT2D eigenvalue weighted by Gasteiger charge is 2.20. The van der Waals surface area contributed by atoms with E-state index in [9.17, 15) is 13.4 Å². The molecule has 1 fully saturated rings. The standard InChI is InChI=1S/C24H26FN3O4S2/c1-15-23(33-24(26-15)27-22(29)13-16-9-11-32-12-10-16)17-7-8-20(31-2)21(14-17)34(30)28-19-6-4-3-5-18(19)25/h3-8,14,16,28H,9-13H2,1-2H3,(H,26,27,29). The number of hydrogen-bond donors (Lipinski definition) is 2. The van der Waals surface area contributed by atoms with Crippen LogP contribution in [0.25, 0.3) is 10.4 Å². The maximum atomic E-state index is 14.0. The van der Waals surface area contributed by atoms with Crippen molar-refractivity contribution < 1.29 is 22.9 Å². The van der Waals surface area contributed by atoms with Crippen LogP contribution in [-0.4, -0.2) is 35.4 Å². The number of rotatable bonds is 8. The summed E-state index contributed by atoms with van der Waals surface area (Å²) >= 11 is 1.36. The maximum Gasteiger partial charge on any atom is 0.226 e. The molecule has 34 heavy (non-hydrogen) atoms. The van der Waals surface area contributed by atoms with Gasteiger partial charge < -0.3 is 14.8 Å². The van der Waals surface area contributed by atoms with E-state index in [1.807, 2.05) is 13.0 Å². The molecule has 1 aliphatic heterocycles. The summed E-state index contributed by atoms with van der Waals surface area (Å²) in [6, 6.07) is 11.3. The number of hydrogen-bond acceptors (Lipinski definition) is 6. The molecular weight excluding hydrogens is 477 g/mol. The second-order valence-corrected chi connectivity index (χ2v) is 10.1. The molecule has 4 rings (SSSR count). The smallest absolute Gasteiger partial charge is 0.226 e. The molecule has 1 saturated heterocycles. The highest BCUT2D eigenvalue weighted by Crippen LogP contribution is 2.36. The van der Waals surface area contributed by atoms with Gasteiger partial charge in [0.2, 0.25) is 5.91 Å². The van der Waals surface area contributed by atoms with E-state index in [1.165, 1.54) is 30.6 Å². The molecule has 2 heterocycles. The zero-order chi connectivity index (χ0) is 24.1. The van der Waals surface area contributed by atoms with Crippen molar-refractivity contribution in [2.24, 2.45) is 5.92 Å². The van der Waals surface area contributed by atoms with Crippen LogP contribution in [0.4, 0.5) is 15.2 Å². The van der Waals surface area contributed by atoms with E-state index < -0.39 is 16.8 Å². The first-order valence-electron chi connectivity index (χ1n) is 10.9. The van der Waals surface area contributed by atoms with E-state index in [-0.39, 0.29) is 11.6 Å². The van der Waals surface area contributed by atoms with Crippen molar-refractivity contribution in [3.05, 3.63) is 54.0 Å². The summed E-state index contributed by atoms with van der Waals surface area (Å²) in [6.07, 6.45) is 2.23. The Kier molecular flexibility index (Phi) is 7.91. The average Bonchev–Trinajstić information content (AvgIpc) is 3.20. The van der Waals surface area contributed by atoms with Gasteiger partial charge in [0.1, 0.15) is 16.5 Å². The molecular formula is C24H26FN3O4S2. The third kappa shape index (κ3) is 5.81. The molecule has 0 radical (unpaired) electrons. The lowest BCUT2D eigenvalue weighted by atomic mass is 9.96. The van der Waals surface area contributed by atoms with Gasteiger partial charge in [-0.25, -0.2) is 13.6 Å². The number of aromatic nitrogens is 1. The molecule has 180 valence electrons. The number of para-hydroxylation sites is 1. The zero-order valence-electron chi connectivity index (χ0n) is 18.9. The van der Waals surface area contributed by atoms with Gasteiger partial charge in [-0.2, -0.15) is 0 Å². The molecule has 2 aromatic carbocycles. The number of thiazole rings is 1. The lowest BCUT2D eigenvalue weighted by molar-refractivity contribution is -0.117. The quantitative estimate of drug-likeness (QED) is 0.443. The SMILES string of the molecule is COc1ccc(-c2sc(NC(=O)CC3CCOCC3)nc2C)cc1S(=O)Nc1ccccc1F. The van der Waals surface area contributed by atoms with Crippen LogP contribution in [0.1, 0.15) is 25.0 Å². The predicted octanol–water partition coefficient (Wildman–Crippen LogP) is 5.16. The van der Waals surface area contributed by atoms with Crippen molar-refractivity contribution in [3.63, 3.8) is 0 Å². The second-order valence-electron chi connectivity index (χ2n) is 7.96. The Bertz CT molecular complexity index is 1190. The molecule has 0 bridgehead atoms. The summed E-state index contributed by atoms with van der Waals surface area (Å²) in [5.41, 5.74) is 1.66. The third-order valence-electron chi connectivity index (χ3n) is 5.56. The number of ether oxygens (including phenoxy) is 2. The van der Waals surface area contributed by atoms with Crippen LogP contribution >= 0.6 is 11.3 Å². The van der Waals surface area contributed by atoms with E-state index in [0.717, 1.165) is 29.0 Å². The molecule has 1 unspecified atom stereocenters. The zero-order valence-corrected chi connectivity index (χ0v) is 20.6. The minimum Gasteiger partial charge on any atom is -0.495 e. The van der Waals surface area contributed by atoms with E-state index in [2.05, 4.69) is 15.0 Å². The molecule has 1 amide bonds. The Morgan fingerprint density at radius 3 is 2.76 bits per heavy atom. The minimum atomic E-state index is -1.76. The van der Waals surface area contributed by atoms with Crippen molar-refractivity contribution in [1.82, 2.24) is 4.98 Å². The summed E-state index contributed by atoms with van der Waals surface area (Å²) in [4.78, 5) is 18.2. The highest BCUT2D eigenvalue weighted by atomic mass is 32.2. The molecule has 3 aromatic rings. The number of benzene rings is 2. The number of nitrogens with one attached hydrogen (secondary N) is 2. The van der Waals surface area contributed by atoms with Crippen LogP contribution < -0.4 is 14.8 Å². The molecule has 0 aliphatic carbocycles. The number of methoxy groups -OCH3 is 1. The monoisotopic (exact) mass is 503 g/mol. The lowest BCUT2D eigenvalue weighted by Gasteiger charge is -2.20. The van der Waals surface area contributed by atoms with E-state index >= 15 is 0 Å². The van der Waals surface area contributed by atoms with Gasteiger partial charge in [-0.05, 0) is 61.6 Å². The first kappa shape index (κ1) is 24.3. The maximum absolute atomic E-state index is 14.0. The Labute approximate surface area is 204 Å². The number of anilines is 2. The Morgan fingerprint density at radius 1 is 1.26 bits per heavy atom. The highest BCUT2D eigenvalue weighted by molar-refractivity contribution is 7.86. The summed E-state index contributed by atoms with van der Waals surface area (Å²) < 4.78 is 40.5. The van der Waals surface area contributed by atoms with E-state index in [1.54, 1.807) is 24.3 Å². The lowest BCUT2D eigenvalue weighted by Crippen LogP contribution is -2.22. The van der Waals surface area contributed by atoms with Crippen LogP contribution in [0.2, 0.25) is 0 Å². The molecule has 1 aliphatic rings. The molecule has 0 saturated carbocycles. The fourth-order valence-corrected chi connectivity index (χ4v) is 5.78. The van der Waals surface area contributed by atoms with Crippen molar-refractivity contribution in [3.8, 4) is 16.2 Å². The van der Waals surface area contributed by atoms with Crippen LogP contribution in [0.3, 0.4) is 0 Å². The number of amides is 1. The number of nitrogens with zero attached hydrogens (tertiary/aromatic N) is 1. The van der Waals surface area contributed by atoms with Crippen LogP contribution in [0, 0.1) is 18.7 Å². The third-order valence-corrected chi connectivity index (χ3v) is 7.81. The van der Waals surface area contributed by atoms with E-state index in [0.29, 0.717) is 41.3 Å². The van der Waals surface area contributed by atoms with Gasteiger partial charge in [0.15, 0.2) is 16.1 Å². The topological polar surface area (TPSA) is 89.6 Å². The summed E-state index contributed by atoms with van der Waals surface area (Å²) in [6.45, 7) is 3.26. The predicted molar refractivity (Wildman–Crippen MR) is 132 cm³/mol. The number of aryl methyl sites for hydroxylation is 1. The Morgan fingerprint density at radius 2 is 2.03 bits per heavy atom. The van der Waals surface area contributed by atoms with Crippen molar-refractivity contribution in [2.45, 2.75) is 31.1 Å². The first-order valence-corrected chi connectivity index (χ1v) is 12.9. The average molecular weight is 504 g/mol. The van der Waals surface area contributed by atoms with Crippen LogP contribution in [0.5, 0.6) is 5.75 Å². The minimum absolute atomic E-state index is 0.0576. The normalized spacial score (nSPS) is 15.0. The molecule has 7 nitrogen and oxygen atoms in total. The molecule has 0 spiro atoms. The fraction of sp³-hybridized carbons (Fsp3) is 0.333. The van der Waals surface area contributed by atoms with Gasteiger partial charge in [-0.1, -0.05) is 23.5 Å².